The number of fused-ring (bicyclic) bond motifs is 1. The van der Waals surface area contributed by atoms with Crippen molar-refractivity contribution in [1.29, 1.82) is 0 Å². The zero-order chi connectivity index (χ0) is 22.7. The maximum Gasteiger partial charge on any atom is 0.165 e. The van der Waals surface area contributed by atoms with E-state index < -0.39 is 25.9 Å². The van der Waals surface area contributed by atoms with Gasteiger partial charge in [0.2, 0.25) is 0 Å². The van der Waals surface area contributed by atoms with Crippen molar-refractivity contribution >= 4 is 49.7 Å². The molecule has 1 saturated carbocycles. The highest BCUT2D eigenvalue weighted by molar-refractivity contribution is 7.93. The van der Waals surface area contributed by atoms with Crippen molar-refractivity contribution in [3.8, 4) is 0 Å². The highest BCUT2D eigenvalue weighted by Crippen LogP contribution is 2.47. The summed E-state index contributed by atoms with van der Waals surface area (Å²) in [7, 11) is -3.59. The van der Waals surface area contributed by atoms with Crippen LogP contribution in [0.1, 0.15) is 31.7 Å². The quantitative estimate of drug-likeness (QED) is 0.592. The number of halogens is 2. The van der Waals surface area contributed by atoms with Crippen LogP contribution in [-0.2, 0) is 15.4 Å². The number of anilines is 2. The SMILES string of the molecule is C[C@@]1(c2cc(Nc3nccc4cc(Cl)cnc34)ccc2F)CS(=O)(=O)C2(CCC2)C(N)=N1. The Kier molecular flexibility index (Phi) is 4.69. The highest BCUT2D eigenvalue weighted by Gasteiger charge is 2.58. The van der Waals surface area contributed by atoms with Crippen LogP contribution in [0.25, 0.3) is 10.9 Å². The Balaban J connectivity index is 1.56. The highest BCUT2D eigenvalue weighted by atomic mass is 35.5. The van der Waals surface area contributed by atoms with E-state index in [2.05, 4.69) is 20.3 Å². The summed E-state index contributed by atoms with van der Waals surface area (Å²) in [6.07, 6.45) is 4.86. The van der Waals surface area contributed by atoms with Crippen molar-refractivity contribution in [3.63, 3.8) is 0 Å². The molecule has 0 amide bonds. The molecule has 166 valence electrons. The monoisotopic (exact) mass is 473 g/mol. The Bertz CT molecular complexity index is 1390. The molecule has 0 bridgehead atoms. The lowest BCUT2D eigenvalue weighted by Crippen LogP contribution is -2.61. The van der Waals surface area contributed by atoms with E-state index >= 15 is 0 Å². The van der Waals surface area contributed by atoms with Gasteiger partial charge in [-0.15, -0.1) is 0 Å². The molecule has 1 aliphatic heterocycles. The first-order valence-corrected chi connectivity index (χ1v) is 12.2. The number of aromatic nitrogens is 2. The molecule has 2 aromatic heterocycles. The number of pyridine rings is 2. The number of hydrogen-bond acceptors (Lipinski definition) is 7. The van der Waals surface area contributed by atoms with Crippen molar-refractivity contribution in [3.05, 3.63) is 59.1 Å². The van der Waals surface area contributed by atoms with E-state index in [0.717, 1.165) is 11.8 Å². The second-order valence-corrected chi connectivity index (χ2v) is 11.3. The minimum absolute atomic E-state index is 0.0760. The van der Waals surface area contributed by atoms with Gasteiger partial charge >= 0.3 is 0 Å². The first-order chi connectivity index (χ1) is 15.1. The summed E-state index contributed by atoms with van der Waals surface area (Å²) in [6, 6.07) is 7.95. The van der Waals surface area contributed by atoms with Crippen LogP contribution in [0.15, 0.2) is 47.7 Å². The standard InChI is InChI=1S/C22H21ClFN5O2S/c1-21(12-32(30,31)22(6-2-7-22)20(25)29-21)16-10-15(3-4-17(16)24)28-19-18-13(5-8-26-19)9-14(23)11-27-18/h3-5,8-11H,2,6-7,12H2,1H3,(H2,25,29)(H,26,28)/t21-/m0/s1. The van der Waals surface area contributed by atoms with E-state index in [1.54, 1.807) is 37.4 Å². The van der Waals surface area contributed by atoms with Gasteiger partial charge < -0.3 is 11.1 Å². The number of rotatable bonds is 3. The Labute approximate surface area is 189 Å². The fraction of sp³-hybridized carbons (Fsp3) is 0.318. The van der Waals surface area contributed by atoms with Crippen molar-refractivity contribution in [2.45, 2.75) is 36.5 Å². The summed E-state index contributed by atoms with van der Waals surface area (Å²) in [5.41, 5.74) is 6.10. The Morgan fingerprint density at radius 3 is 2.66 bits per heavy atom. The number of nitrogens with zero attached hydrogens (tertiary/aromatic N) is 3. The molecule has 1 fully saturated rings. The maximum absolute atomic E-state index is 14.9. The molecule has 0 radical (unpaired) electrons. The Morgan fingerprint density at radius 1 is 1.19 bits per heavy atom. The summed E-state index contributed by atoms with van der Waals surface area (Å²) in [5, 5.41) is 4.45. The Hall–Kier alpha value is -2.78. The van der Waals surface area contributed by atoms with Crippen LogP contribution in [-0.4, -0.2) is 34.7 Å². The summed E-state index contributed by atoms with van der Waals surface area (Å²) in [6.45, 7) is 1.60. The van der Waals surface area contributed by atoms with Crippen LogP contribution >= 0.6 is 11.6 Å². The molecule has 10 heteroatoms. The molecule has 3 aromatic rings. The van der Waals surface area contributed by atoms with Crippen molar-refractivity contribution < 1.29 is 12.8 Å². The lowest BCUT2D eigenvalue weighted by Gasteiger charge is -2.46. The van der Waals surface area contributed by atoms with Gasteiger partial charge in [-0.1, -0.05) is 11.6 Å². The fourth-order valence-corrected chi connectivity index (χ4v) is 7.23. The van der Waals surface area contributed by atoms with E-state index in [0.29, 0.717) is 34.9 Å². The Morgan fingerprint density at radius 2 is 1.97 bits per heavy atom. The van der Waals surface area contributed by atoms with Crippen LogP contribution < -0.4 is 11.1 Å². The molecule has 1 aliphatic carbocycles. The molecule has 1 spiro atoms. The molecule has 0 unspecified atom stereocenters. The van der Waals surface area contributed by atoms with Gasteiger partial charge in [0, 0.05) is 29.0 Å². The molecule has 32 heavy (non-hydrogen) atoms. The smallest absolute Gasteiger partial charge is 0.165 e. The third kappa shape index (κ3) is 3.14. The molecule has 3 heterocycles. The molecule has 1 atom stereocenters. The number of benzene rings is 1. The van der Waals surface area contributed by atoms with Crippen molar-refractivity contribution in [1.82, 2.24) is 9.97 Å². The number of nitrogens with one attached hydrogen (secondary N) is 1. The zero-order valence-corrected chi connectivity index (χ0v) is 18.8. The summed E-state index contributed by atoms with van der Waals surface area (Å²) in [4.78, 5) is 13.2. The fourth-order valence-electron chi connectivity index (χ4n) is 4.55. The molecular weight excluding hydrogens is 453 g/mol. The van der Waals surface area contributed by atoms with Crippen LogP contribution in [0.4, 0.5) is 15.9 Å². The van der Waals surface area contributed by atoms with Gasteiger partial charge in [-0.2, -0.15) is 0 Å². The average Bonchev–Trinajstić information content (AvgIpc) is 2.66. The molecule has 7 nitrogen and oxygen atoms in total. The van der Waals surface area contributed by atoms with Crippen LogP contribution in [0.5, 0.6) is 0 Å². The topological polar surface area (TPSA) is 110 Å². The minimum atomic E-state index is -3.59. The normalized spacial score (nSPS) is 23.5. The van der Waals surface area contributed by atoms with Crippen LogP contribution in [0.2, 0.25) is 5.02 Å². The van der Waals surface area contributed by atoms with Gasteiger partial charge in [-0.05, 0) is 56.5 Å². The first kappa shape index (κ1) is 21.1. The second-order valence-electron chi connectivity index (χ2n) is 8.58. The lowest BCUT2D eigenvalue weighted by atomic mass is 9.82. The summed E-state index contributed by atoms with van der Waals surface area (Å²) < 4.78 is 40.1. The second kappa shape index (κ2) is 7.11. The van der Waals surface area contributed by atoms with Gasteiger partial charge in [0.1, 0.15) is 27.5 Å². The minimum Gasteiger partial charge on any atom is -0.386 e. The van der Waals surface area contributed by atoms with E-state index in [9.17, 15) is 12.8 Å². The third-order valence-corrected chi connectivity index (χ3v) is 9.39. The average molecular weight is 474 g/mol. The molecule has 0 saturated heterocycles. The molecule has 2 aliphatic rings. The van der Waals surface area contributed by atoms with Gasteiger partial charge in [-0.25, -0.2) is 17.8 Å². The predicted octanol–water partition coefficient (Wildman–Crippen LogP) is 4.09. The summed E-state index contributed by atoms with van der Waals surface area (Å²) in [5.74, 6) is -0.306. The number of amidine groups is 1. The van der Waals surface area contributed by atoms with Crippen molar-refractivity contribution in [2.24, 2.45) is 10.7 Å². The van der Waals surface area contributed by atoms with Gasteiger partial charge in [-0.3, -0.25) is 9.98 Å². The molecule has 5 rings (SSSR count). The van der Waals surface area contributed by atoms with Crippen LogP contribution in [0, 0.1) is 5.82 Å². The van der Waals surface area contributed by atoms with Gasteiger partial charge in [0.15, 0.2) is 15.7 Å². The molecule has 3 N–H and O–H groups in total. The maximum atomic E-state index is 14.9. The number of nitrogens with two attached hydrogens (primary N) is 1. The van der Waals surface area contributed by atoms with Crippen LogP contribution in [0.3, 0.4) is 0 Å². The van der Waals surface area contributed by atoms with Gasteiger partial charge in [0.05, 0.1) is 10.8 Å². The van der Waals surface area contributed by atoms with Gasteiger partial charge in [0.25, 0.3) is 0 Å². The predicted molar refractivity (Wildman–Crippen MR) is 124 cm³/mol. The van der Waals surface area contributed by atoms with E-state index in [-0.39, 0.29) is 17.2 Å². The number of aliphatic imine (C=N–C) groups is 1. The summed E-state index contributed by atoms with van der Waals surface area (Å²) >= 11 is 6.02. The lowest BCUT2D eigenvalue weighted by molar-refractivity contribution is 0.388. The van der Waals surface area contributed by atoms with E-state index in [1.165, 1.54) is 12.3 Å². The van der Waals surface area contributed by atoms with E-state index in [4.69, 9.17) is 17.3 Å². The first-order valence-electron chi connectivity index (χ1n) is 10.2. The third-order valence-electron chi connectivity index (χ3n) is 6.44. The molecule has 1 aromatic carbocycles. The van der Waals surface area contributed by atoms with Crippen molar-refractivity contribution in [2.75, 3.05) is 11.1 Å². The largest absolute Gasteiger partial charge is 0.386 e. The number of sulfone groups is 1. The zero-order valence-electron chi connectivity index (χ0n) is 17.3. The number of hydrogen-bond donors (Lipinski definition) is 2. The molecular formula is C22H21ClFN5O2S. The van der Waals surface area contributed by atoms with E-state index in [1.807, 2.05) is 0 Å².